The highest BCUT2D eigenvalue weighted by atomic mass is 35.5. The number of halogens is 1. The third-order valence-electron chi connectivity index (χ3n) is 3.67. The van der Waals surface area contributed by atoms with Gasteiger partial charge in [0.1, 0.15) is 6.54 Å². The molecule has 0 aliphatic carbocycles. The van der Waals surface area contributed by atoms with Crippen molar-refractivity contribution in [1.29, 1.82) is 0 Å². The maximum Gasteiger partial charge on any atom is 0.254 e. The Bertz CT molecular complexity index is 726. The van der Waals surface area contributed by atoms with Crippen LogP contribution in [0.25, 0.3) is 0 Å². The minimum atomic E-state index is -0.300. The summed E-state index contributed by atoms with van der Waals surface area (Å²) < 4.78 is 0. The molecule has 0 bridgehead atoms. The van der Waals surface area contributed by atoms with Crippen LogP contribution in [0.5, 0.6) is 0 Å². The molecule has 7 heteroatoms. The Kier molecular flexibility index (Phi) is 6.40. The van der Waals surface area contributed by atoms with E-state index < -0.39 is 0 Å². The second-order valence-corrected chi connectivity index (χ2v) is 9.59. The zero-order chi connectivity index (χ0) is 19.5. The minimum Gasteiger partial charge on any atom is -0.350 e. The Balaban J connectivity index is 1.99. The number of rotatable bonds is 5. The number of anilines is 1. The fraction of sp³-hybridized carbons (Fsp3) is 0.526. The molecule has 0 saturated heterocycles. The van der Waals surface area contributed by atoms with Crippen LogP contribution < -0.4 is 10.2 Å². The monoisotopic (exact) mass is 395 g/mol. The van der Waals surface area contributed by atoms with Gasteiger partial charge in [0.25, 0.3) is 5.91 Å². The van der Waals surface area contributed by atoms with Crippen LogP contribution in [0.2, 0.25) is 5.02 Å². The van der Waals surface area contributed by atoms with Crippen LogP contribution in [0, 0.1) is 5.41 Å². The lowest BCUT2D eigenvalue weighted by Gasteiger charge is -2.33. The predicted molar refractivity (Wildman–Crippen MR) is 110 cm³/mol. The lowest BCUT2D eigenvalue weighted by atomic mass is 9.82. The van der Waals surface area contributed by atoms with E-state index in [0.29, 0.717) is 15.9 Å². The zero-order valence-corrected chi connectivity index (χ0v) is 17.5. The summed E-state index contributed by atoms with van der Waals surface area (Å²) in [6.07, 6.45) is 0.863. The van der Waals surface area contributed by atoms with E-state index in [9.17, 15) is 9.59 Å². The first-order chi connectivity index (χ1) is 12.0. The molecule has 0 radical (unpaired) electrons. The van der Waals surface area contributed by atoms with Gasteiger partial charge in [-0.05, 0) is 37.8 Å². The first-order valence-corrected chi connectivity index (χ1v) is 9.91. The number of carbonyl (C=O) groups is 2. The van der Waals surface area contributed by atoms with E-state index in [-0.39, 0.29) is 35.1 Å². The fourth-order valence-electron chi connectivity index (χ4n) is 3.28. The Hall–Kier alpha value is -1.53. The van der Waals surface area contributed by atoms with Gasteiger partial charge < -0.3 is 5.32 Å². The molecule has 0 saturated carbocycles. The SMILES string of the molecule is CC(C)(C)CC(C)(C)NC(=O)CSC1=NCC(=O)N1c1ccccc1Cl. The number of para-hydroxylation sites is 1. The van der Waals surface area contributed by atoms with Gasteiger partial charge in [0.15, 0.2) is 5.17 Å². The largest absolute Gasteiger partial charge is 0.350 e. The summed E-state index contributed by atoms with van der Waals surface area (Å²) >= 11 is 7.46. The number of nitrogens with zero attached hydrogens (tertiary/aromatic N) is 2. The van der Waals surface area contributed by atoms with Crippen molar-refractivity contribution in [2.24, 2.45) is 10.4 Å². The van der Waals surface area contributed by atoms with Crippen molar-refractivity contribution >= 4 is 46.0 Å². The van der Waals surface area contributed by atoms with Crippen LogP contribution >= 0.6 is 23.4 Å². The molecule has 0 atom stereocenters. The summed E-state index contributed by atoms with van der Waals surface area (Å²) in [5.74, 6) is -0.0276. The topological polar surface area (TPSA) is 61.8 Å². The molecule has 1 aliphatic rings. The molecule has 26 heavy (non-hydrogen) atoms. The first-order valence-electron chi connectivity index (χ1n) is 8.54. The molecule has 1 heterocycles. The lowest BCUT2D eigenvalue weighted by Crippen LogP contribution is -2.46. The number of benzene rings is 1. The molecule has 2 rings (SSSR count). The van der Waals surface area contributed by atoms with E-state index in [1.165, 1.54) is 16.7 Å². The highest BCUT2D eigenvalue weighted by Crippen LogP contribution is 2.30. The van der Waals surface area contributed by atoms with Gasteiger partial charge in [0.05, 0.1) is 16.5 Å². The number of carbonyl (C=O) groups excluding carboxylic acids is 2. The Morgan fingerprint density at radius 1 is 1.27 bits per heavy atom. The molecule has 1 aromatic carbocycles. The maximum absolute atomic E-state index is 12.4. The van der Waals surface area contributed by atoms with Crippen LogP contribution in [0.4, 0.5) is 5.69 Å². The summed E-state index contributed by atoms with van der Waals surface area (Å²) in [4.78, 5) is 30.3. The standard InChI is InChI=1S/C19H26ClN3O2S/c1-18(2,3)12-19(4,5)22-15(24)11-26-17-21-10-16(25)23(17)14-9-7-6-8-13(14)20/h6-9H,10-12H2,1-5H3,(H,22,24). The molecule has 0 unspecified atom stereocenters. The molecule has 0 aromatic heterocycles. The molecule has 1 aromatic rings. The molecular weight excluding hydrogens is 370 g/mol. The van der Waals surface area contributed by atoms with Gasteiger partial charge >= 0.3 is 0 Å². The van der Waals surface area contributed by atoms with E-state index in [1.807, 2.05) is 19.9 Å². The highest BCUT2D eigenvalue weighted by Gasteiger charge is 2.31. The summed E-state index contributed by atoms with van der Waals surface area (Å²) in [5.41, 5.74) is 0.412. The van der Waals surface area contributed by atoms with E-state index in [0.717, 1.165) is 6.42 Å². The maximum atomic E-state index is 12.4. The molecule has 142 valence electrons. The smallest absolute Gasteiger partial charge is 0.254 e. The van der Waals surface area contributed by atoms with Crippen LogP contribution in [0.3, 0.4) is 0 Å². The van der Waals surface area contributed by atoms with Gasteiger partial charge in [-0.25, -0.2) is 0 Å². The van der Waals surface area contributed by atoms with Gasteiger partial charge in [-0.1, -0.05) is 56.3 Å². The van der Waals surface area contributed by atoms with Crippen molar-refractivity contribution in [3.8, 4) is 0 Å². The fourth-order valence-corrected chi connectivity index (χ4v) is 4.32. The van der Waals surface area contributed by atoms with E-state index in [2.05, 4.69) is 31.1 Å². The van der Waals surface area contributed by atoms with Crippen molar-refractivity contribution in [2.75, 3.05) is 17.2 Å². The van der Waals surface area contributed by atoms with E-state index in [1.54, 1.807) is 18.2 Å². The van der Waals surface area contributed by atoms with Gasteiger partial charge in [-0.2, -0.15) is 0 Å². The number of amides is 2. The molecule has 1 aliphatic heterocycles. The average molecular weight is 396 g/mol. The average Bonchev–Trinajstić information content (AvgIpc) is 2.83. The second kappa shape index (κ2) is 8.01. The predicted octanol–water partition coefficient (Wildman–Crippen LogP) is 4.11. The van der Waals surface area contributed by atoms with Crippen LogP contribution in [0.15, 0.2) is 29.3 Å². The molecule has 2 amide bonds. The lowest BCUT2D eigenvalue weighted by molar-refractivity contribution is -0.120. The number of nitrogens with one attached hydrogen (secondary N) is 1. The van der Waals surface area contributed by atoms with Gasteiger partial charge in [-0.15, -0.1) is 0 Å². The third kappa shape index (κ3) is 5.74. The highest BCUT2D eigenvalue weighted by molar-refractivity contribution is 8.14. The summed E-state index contributed by atoms with van der Waals surface area (Å²) in [6.45, 7) is 10.6. The number of hydrogen-bond acceptors (Lipinski definition) is 4. The van der Waals surface area contributed by atoms with Gasteiger partial charge in [0, 0.05) is 5.54 Å². The quantitative estimate of drug-likeness (QED) is 0.816. The number of amidine groups is 1. The van der Waals surface area contributed by atoms with Crippen LogP contribution in [-0.2, 0) is 9.59 Å². The normalized spacial score (nSPS) is 15.2. The van der Waals surface area contributed by atoms with Gasteiger partial charge in [-0.3, -0.25) is 19.5 Å². The summed E-state index contributed by atoms with van der Waals surface area (Å²) in [6, 6.07) is 7.12. The Morgan fingerprint density at radius 2 is 1.92 bits per heavy atom. The molecule has 5 nitrogen and oxygen atoms in total. The minimum absolute atomic E-state index is 0.0741. The molecular formula is C19H26ClN3O2S. The van der Waals surface area contributed by atoms with Crippen molar-refractivity contribution in [3.63, 3.8) is 0 Å². The second-order valence-electron chi connectivity index (χ2n) is 8.24. The van der Waals surface area contributed by atoms with Crippen molar-refractivity contribution in [2.45, 2.75) is 46.6 Å². The number of hydrogen-bond donors (Lipinski definition) is 1. The number of thioether (sulfide) groups is 1. The Morgan fingerprint density at radius 3 is 2.54 bits per heavy atom. The van der Waals surface area contributed by atoms with Crippen LogP contribution in [-0.4, -0.2) is 34.8 Å². The third-order valence-corrected chi connectivity index (χ3v) is 4.96. The van der Waals surface area contributed by atoms with Crippen molar-refractivity contribution in [1.82, 2.24) is 5.32 Å². The summed E-state index contributed by atoms with van der Waals surface area (Å²) in [7, 11) is 0. The van der Waals surface area contributed by atoms with Crippen LogP contribution in [0.1, 0.15) is 41.0 Å². The van der Waals surface area contributed by atoms with E-state index in [4.69, 9.17) is 11.6 Å². The number of aliphatic imine (C=N–C) groups is 1. The Labute approximate surface area is 164 Å². The zero-order valence-electron chi connectivity index (χ0n) is 15.9. The molecule has 0 fully saturated rings. The molecule has 0 spiro atoms. The van der Waals surface area contributed by atoms with E-state index >= 15 is 0 Å². The first kappa shape index (κ1) is 20.8. The van der Waals surface area contributed by atoms with Crippen molar-refractivity contribution in [3.05, 3.63) is 29.3 Å². The van der Waals surface area contributed by atoms with Crippen molar-refractivity contribution < 1.29 is 9.59 Å². The van der Waals surface area contributed by atoms with Gasteiger partial charge in [0.2, 0.25) is 5.91 Å². The molecule has 1 N–H and O–H groups in total. The summed E-state index contributed by atoms with van der Waals surface area (Å²) in [5, 5.41) is 4.05.